The molecule has 6 nitrogen and oxygen atoms in total. The molecular formula is C11H11N3O3S. The summed E-state index contributed by atoms with van der Waals surface area (Å²) in [5, 5.41) is 4.10. The van der Waals surface area contributed by atoms with E-state index in [0.717, 1.165) is 4.41 Å². The average Bonchev–Trinajstić information content (AvgIpc) is 2.57. The van der Waals surface area contributed by atoms with E-state index in [2.05, 4.69) is 5.10 Å². The number of ether oxygens (including phenoxy) is 1. The largest absolute Gasteiger partial charge is 0.491 e. The van der Waals surface area contributed by atoms with E-state index < -0.39 is 11.2 Å². The van der Waals surface area contributed by atoms with Crippen LogP contribution >= 0.6 is 0 Å². The number of para-hydroxylation sites is 2. The van der Waals surface area contributed by atoms with Gasteiger partial charge in [-0.05, 0) is 12.1 Å². The minimum absolute atomic E-state index is 0.340. The lowest BCUT2D eigenvalue weighted by atomic mass is 10.3. The molecule has 7 heteroatoms. The summed E-state index contributed by atoms with van der Waals surface area (Å²) < 4.78 is 20.4. The molecule has 2 aliphatic heterocycles. The minimum Gasteiger partial charge on any atom is -0.491 e. The topological polar surface area (TPSA) is 62.2 Å². The third-order valence-electron chi connectivity index (χ3n) is 2.68. The van der Waals surface area contributed by atoms with E-state index in [0.29, 0.717) is 30.3 Å². The number of hydrogen-bond donors (Lipinski definition) is 0. The van der Waals surface area contributed by atoms with E-state index in [4.69, 9.17) is 4.74 Å². The third kappa shape index (κ3) is 1.59. The second kappa shape index (κ2) is 4.09. The summed E-state index contributed by atoms with van der Waals surface area (Å²) in [6.45, 7) is 1.80. The molecule has 1 unspecified atom stereocenters. The van der Waals surface area contributed by atoms with Crippen LogP contribution in [0.25, 0.3) is 0 Å². The van der Waals surface area contributed by atoms with Gasteiger partial charge in [0.1, 0.15) is 11.6 Å². The summed E-state index contributed by atoms with van der Waals surface area (Å²) in [6.07, 6.45) is 0.518. The third-order valence-corrected chi connectivity index (χ3v) is 4.04. The number of hydrazone groups is 1. The molecule has 1 aromatic carbocycles. The van der Waals surface area contributed by atoms with Gasteiger partial charge in [-0.1, -0.05) is 12.1 Å². The van der Waals surface area contributed by atoms with Crippen molar-refractivity contribution in [1.82, 2.24) is 4.41 Å². The Morgan fingerprint density at radius 3 is 3.00 bits per heavy atom. The Morgan fingerprint density at radius 2 is 2.22 bits per heavy atom. The predicted octanol–water partition coefficient (Wildman–Crippen LogP) is 1.03. The number of carbonyl (C=O) groups excluding carboxylic acids is 1. The van der Waals surface area contributed by atoms with Crippen molar-refractivity contribution >= 4 is 28.6 Å². The molecule has 2 aliphatic rings. The first kappa shape index (κ1) is 11.2. The van der Waals surface area contributed by atoms with Gasteiger partial charge in [-0.3, -0.25) is 4.79 Å². The number of carbonyl (C=O) groups is 1. The van der Waals surface area contributed by atoms with Crippen LogP contribution in [-0.4, -0.2) is 27.0 Å². The van der Waals surface area contributed by atoms with Gasteiger partial charge in [-0.15, -0.1) is 9.52 Å². The van der Waals surface area contributed by atoms with Crippen LogP contribution in [0.5, 0.6) is 5.75 Å². The molecule has 3 rings (SSSR count). The normalized spacial score (nSPS) is 21.6. The molecular weight excluding hydrogens is 254 g/mol. The van der Waals surface area contributed by atoms with Crippen LogP contribution in [0.4, 0.5) is 5.69 Å². The number of anilines is 1. The Balaban J connectivity index is 2.10. The maximum atomic E-state index is 12.3. The second-order valence-electron chi connectivity index (χ2n) is 3.90. The van der Waals surface area contributed by atoms with Crippen LogP contribution in [0.3, 0.4) is 0 Å². The summed E-state index contributed by atoms with van der Waals surface area (Å²) in [5.41, 5.74) is 0.677. The molecule has 0 spiro atoms. The number of benzene rings is 1. The van der Waals surface area contributed by atoms with E-state index in [9.17, 15) is 9.00 Å². The highest BCUT2D eigenvalue weighted by atomic mass is 32.2. The highest BCUT2D eigenvalue weighted by Gasteiger charge is 2.37. The van der Waals surface area contributed by atoms with Crippen LogP contribution in [0.1, 0.15) is 13.3 Å². The van der Waals surface area contributed by atoms with Gasteiger partial charge in [-0.25, -0.2) is 8.51 Å². The number of amides is 1. The first-order valence-corrected chi connectivity index (χ1v) is 6.57. The summed E-state index contributed by atoms with van der Waals surface area (Å²) >= 11 is -1.65. The van der Waals surface area contributed by atoms with Gasteiger partial charge < -0.3 is 4.74 Å². The van der Waals surface area contributed by atoms with Crippen molar-refractivity contribution in [2.45, 2.75) is 13.3 Å². The summed E-state index contributed by atoms with van der Waals surface area (Å²) in [7, 11) is 0. The average molecular weight is 265 g/mol. The zero-order valence-corrected chi connectivity index (χ0v) is 10.5. The van der Waals surface area contributed by atoms with Crippen molar-refractivity contribution in [3.05, 3.63) is 24.3 Å². The van der Waals surface area contributed by atoms with Crippen molar-refractivity contribution in [1.29, 1.82) is 0 Å². The molecule has 0 saturated heterocycles. The Labute approximate surface area is 107 Å². The molecule has 0 fully saturated rings. The molecule has 1 atom stereocenters. The Kier molecular flexibility index (Phi) is 2.55. The number of fused-ring (bicyclic) bond motifs is 3. The van der Waals surface area contributed by atoms with Gasteiger partial charge in [0.15, 0.2) is 0 Å². The molecule has 0 aliphatic carbocycles. The molecule has 2 heterocycles. The van der Waals surface area contributed by atoms with Crippen LogP contribution in [-0.2, 0) is 16.0 Å². The molecule has 94 valence electrons. The molecule has 0 bridgehead atoms. The van der Waals surface area contributed by atoms with Gasteiger partial charge in [0.25, 0.3) is 17.1 Å². The van der Waals surface area contributed by atoms with Gasteiger partial charge in [0, 0.05) is 13.3 Å². The fraction of sp³-hybridized carbons (Fsp3) is 0.273. The van der Waals surface area contributed by atoms with Gasteiger partial charge in [0.05, 0.1) is 12.3 Å². The van der Waals surface area contributed by atoms with E-state index in [1.165, 1.54) is 6.92 Å². The van der Waals surface area contributed by atoms with Crippen molar-refractivity contribution in [2.75, 3.05) is 10.9 Å². The first-order valence-electron chi connectivity index (χ1n) is 5.50. The lowest BCUT2D eigenvalue weighted by Gasteiger charge is -2.17. The van der Waals surface area contributed by atoms with Crippen molar-refractivity contribution < 1.29 is 13.7 Å². The Morgan fingerprint density at radius 1 is 1.44 bits per heavy atom. The highest BCUT2D eigenvalue weighted by Crippen LogP contribution is 2.35. The Bertz CT molecular complexity index is 572. The fourth-order valence-corrected chi connectivity index (χ4v) is 3.07. The number of amidine groups is 1. The molecule has 0 saturated carbocycles. The van der Waals surface area contributed by atoms with Crippen LogP contribution in [0.2, 0.25) is 0 Å². The molecule has 1 aromatic rings. The number of hydrogen-bond acceptors (Lipinski definition) is 4. The standard InChI is InChI=1S/C11H11N3O3S/c1-8(15)14-12-11-6-7-17-10-5-3-2-4-9(10)13(11)18(14)16/h2-5H,6-7H2,1H3. The SMILES string of the molecule is CC(=O)N1N=C2CCOc3ccccc3N2S1=O. The summed E-state index contributed by atoms with van der Waals surface area (Å²) in [4.78, 5) is 11.4. The van der Waals surface area contributed by atoms with Crippen molar-refractivity contribution in [3.8, 4) is 5.75 Å². The monoisotopic (exact) mass is 265 g/mol. The van der Waals surface area contributed by atoms with Crippen LogP contribution < -0.4 is 9.04 Å². The lowest BCUT2D eigenvalue weighted by molar-refractivity contribution is -0.123. The molecule has 18 heavy (non-hydrogen) atoms. The van der Waals surface area contributed by atoms with Gasteiger partial charge >= 0.3 is 0 Å². The molecule has 0 aromatic heterocycles. The molecule has 1 amide bonds. The van der Waals surface area contributed by atoms with Crippen LogP contribution in [0.15, 0.2) is 29.4 Å². The zero-order chi connectivity index (χ0) is 12.7. The van der Waals surface area contributed by atoms with E-state index in [-0.39, 0.29) is 5.91 Å². The highest BCUT2D eigenvalue weighted by molar-refractivity contribution is 7.85. The fourth-order valence-electron chi connectivity index (χ4n) is 1.90. The van der Waals surface area contributed by atoms with Crippen LogP contribution in [0, 0.1) is 0 Å². The van der Waals surface area contributed by atoms with E-state index >= 15 is 0 Å². The minimum atomic E-state index is -1.65. The van der Waals surface area contributed by atoms with Gasteiger partial charge in [-0.2, -0.15) is 0 Å². The quantitative estimate of drug-likeness (QED) is 0.704. The predicted molar refractivity (Wildman–Crippen MR) is 67.1 cm³/mol. The van der Waals surface area contributed by atoms with E-state index in [1.54, 1.807) is 10.4 Å². The Hall–Kier alpha value is -1.89. The summed E-state index contributed by atoms with van der Waals surface area (Å²) in [6, 6.07) is 7.30. The maximum Gasteiger partial charge on any atom is 0.255 e. The molecule has 0 N–H and O–H groups in total. The maximum absolute atomic E-state index is 12.3. The molecule has 0 radical (unpaired) electrons. The second-order valence-corrected chi connectivity index (χ2v) is 5.07. The first-order chi connectivity index (χ1) is 8.68. The van der Waals surface area contributed by atoms with Crippen molar-refractivity contribution in [2.24, 2.45) is 5.10 Å². The zero-order valence-electron chi connectivity index (χ0n) is 9.70. The number of nitrogens with zero attached hydrogens (tertiary/aromatic N) is 3. The van der Waals surface area contributed by atoms with Gasteiger partial charge in [0.2, 0.25) is 0 Å². The smallest absolute Gasteiger partial charge is 0.255 e. The number of rotatable bonds is 0. The van der Waals surface area contributed by atoms with E-state index in [1.807, 2.05) is 18.2 Å². The van der Waals surface area contributed by atoms with Crippen molar-refractivity contribution in [3.63, 3.8) is 0 Å². The lowest BCUT2D eigenvalue weighted by Crippen LogP contribution is -2.33. The summed E-state index contributed by atoms with van der Waals surface area (Å²) in [5.74, 6) is 0.905.